The van der Waals surface area contributed by atoms with E-state index < -0.39 is 15.9 Å². The first-order chi connectivity index (χ1) is 17.4. The van der Waals surface area contributed by atoms with Gasteiger partial charge in [0.25, 0.3) is 5.91 Å². The average molecular weight is 530 g/mol. The van der Waals surface area contributed by atoms with Gasteiger partial charge in [-0.3, -0.25) is 4.79 Å². The number of hydrogen-bond acceptors (Lipinski definition) is 7. The third kappa shape index (κ3) is 4.83. The Balaban J connectivity index is 1.42. The summed E-state index contributed by atoms with van der Waals surface area (Å²) in [5.41, 5.74) is 1.16. The fourth-order valence-corrected chi connectivity index (χ4v) is 6.52. The van der Waals surface area contributed by atoms with Crippen LogP contribution in [0.5, 0.6) is 11.5 Å². The molecule has 2 aliphatic heterocycles. The Labute approximate surface area is 213 Å². The molecule has 5 rings (SSSR count). The summed E-state index contributed by atoms with van der Waals surface area (Å²) >= 11 is 1.36. The molecule has 2 aliphatic rings. The molecule has 0 N–H and O–H groups in total. The van der Waals surface area contributed by atoms with Crippen LogP contribution in [0.1, 0.15) is 23.2 Å². The maximum Gasteiger partial charge on any atom is 0.279 e. The zero-order valence-corrected chi connectivity index (χ0v) is 21.5. The Bertz CT molecular complexity index is 1470. The van der Waals surface area contributed by atoms with Crippen molar-refractivity contribution in [3.8, 4) is 11.5 Å². The highest BCUT2D eigenvalue weighted by molar-refractivity contribution is 7.89. The molecule has 0 aliphatic carbocycles. The van der Waals surface area contributed by atoms with Gasteiger partial charge in [0, 0.05) is 44.4 Å². The maximum absolute atomic E-state index is 13.0. The minimum Gasteiger partial charge on any atom is -0.486 e. The highest BCUT2D eigenvalue weighted by Crippen LogP contribution is 2.35. The van der Waals surface area contributed by atoms with Gasteiger partial charge < -0.3 is 18.8 Å². The topological polar surface area (TPSA) is 99.4 Å². The van der Waals surface area contributed by atoms with Gasteiger partial charge in [0.2, 0.25) is 10.0 Å². The first-order valence-electron chi connectivity index (χ1n) is 11.7. The van der Waals surface area contributed by atoms with Crippen molar-refractivity contribution in [2.45, 2.75) is 30.4 Å². The highest BCUT2D eigenvalue weighted by Gasteiger charge is 2.26. The zero-order chi connectivity index (χ0) is 25.3. The van der Waals surface area contributed by atoms with Crippen LogP contribution in [0.2, 0.25) is 0 Å². The SMILES string of the molecule is C=CCn1c(=NC(=O)c2ccc(S(=O)(=O)N(C)CC3CCCO3)cc2)sc2cc3c(cc21)OCCO3. The number of amides is 1. The summed E-state index contributed by atoms with van der Waals surface area (Å²) < 4.78 is 46.9. The second-order valence-electron chi connectivity index (χ2n) is 8.61. The molecule has 1 unspecified atom stereocenters. The number of allylic oxidation sites excluding steroid dienone is 1. The van der Waals surface area contributed by atoms with Crippen molar-refractivity contribution in [2.75, 3.05) is 33.4 Å². The molecule has 1 fully saturated rings. The fourth-order valence-electron chi connectivity index (χ4n) is 4.27. The van der Waals surface area contributed by atoms with E-state index in [1.165, 1.54) is 39.9 Å². The number of thiazole rings is 1. The normalized spacial score (nSPS) is 18.2. The second-order valence-corrected chi connectivity index (χ2v) is 11.7. The van der Waals surface area contributed by atoms with Crippen LogP contribution in [-0.2, 0) is 21.3 Å². The van der Waals surface area contributed by atoms with Crippen molar-refractivity contribution in [3.05, 3.63) is 59.4 Å². The van der Waals surface area contributed by atoms with Crippen LogP contribution in [0.15, 0.2) is 58.9 Å². The van der Waals surface area contributed by atoms with Gasteiger partial charge in [0.05, 0.1) is 21.2 Å². The molecule has 11 heteroatoms. The molecule has 3 heterocycles. The third-order valence-corrected chi connectivity index (χ3v) is 9.03. The molecule has 2 aromatic carbocycles. The summed E-state index contributed by atoms with van der Waals surface area (Å²) in [6.45, 7) is 6.21. The van der Waals surface area contributed by atoms with E-state index in [2.05, 4.69) is 11.6 Å². The minimum atomic E-state index is -3.69. The van der Waals surface area contributed by atoms with Crippen LogP contribution in [0, 0.1) is 0 Å². The predicted octanol–water partition coefficient (Wildman–Crippen LogP) is 3.20. The standard InChI is InChI=1S/C25H27N3O6S2/c1-3-10-28-20-14-21-22(34-13-12-33-21)15-23(20)35-25(28)26-24(29)17-6-8-19(9-7-17)36(30,31)27(2)16-18-5-4-11-32-18/h3,6-9,14-15,18H,1,4-5,10-13,16H2,2H3. The lowest BCUT2D eigenvalue weighted by molar-refractivity contribution is 0.0979. The molecule has 1 atom stereocenters. The molecular weight excluding hydrogens is 502 g/mol. The van der Waals surface area contributed by atoms with E-state index in [9.17, 15) is 13.2 Å². The average Bonchev–Trinajstić information content (AvgIpc) is 3.50. The smallest absolute Gasteiger partial charge is 0.279 e. The number of rotatable bonds is 7. The lowest BCUT2D eigenvalue weighted by Crippen LogP contribution is -2.34. The molecule has 0 bridgehead atoms. The van der Waals surface area contributed by atoms with Gasteiger partial charge in [-0.05, 0) is 37.1 Å². The Hall–Kier alpha value is -2.99. The molecule has 36 heavy (non-hydrogen) atoms. The number of benzene rings is 2. The molecule has 0 radical (unpaired) electrons. The van der Waals surface area contributed by atoms with E-state index in [1.807, 2.05) is 16.7 Å². The number of carbonyl (C=O) groups excluding carboxylic acids is 1. The summed E-state index contributed by atoms with van der Waals surface area (Å²) in [5, 5.41) is 0. The molecule has 190 valence electrons. The van der Waals surface area contributed by atoms with Crippen LogP contribution in [0.25, 0.3) is 10.2 Å². The van der Waals surface area contributed by atoms with Crippen molar-refractivity contribution in [1.29, 1.82) is 0 Å². The summed E-state index contributed by atoms with van der Waals surface area (Å²) in [6, 6.07) is 9.64. The third-order valence-electron chi connectivity index (χ3n) is 6.15. The summed E-state index contributed by atoms with van der Waals surface area (Å²) in [4.78, 5) is 18.0. The Morgan fingerprint density at radius 1 is 1.19 bits per heavy atom. The van der Waals surface area contributed by atoms with Crippen LogP contribution in [-0.4, -0.2) is 62.7 Å². The second kappa shape index (κ2) is 10.2. The number of hydrogen-bond donors (Lipinski definition) is 0. The lowest BCUT2D eigenvalue weighted by Gasteiger charge is -2.20. The van der Waals surface area contributed by atoms with E-state index in [0.29, 0.717) is 54.8 Å². The monoisotopic (exact) mass is 529 g/mol. The molecule has 1 amide bonds. The Morgan fingerprint density at radius 2 is 1.92 bits per heavy atom. The van der Waals surface area contributed by atoms with Gasteiger partial charge in [-0.1, -0.05) is 17.4 Å². The molecule has 0 saturated carbocycles. The highest BCUT2D eigenvalue weighted by atomic mass is 32.2. The van der Waals surface area contributed by atoms with Crippen LogP contribution >= 0.6 is 11.3 Å². The summed E-state index contributed by atoms with van der Waals surface area (Å²) in [7, 11) is -2.15. The van der Waals surface area contributed by atoms with Crippen molar-refractivity contribution in [1.82, 2.24) is 8.87 Å². The zero-order valence-electron chi connectivity index (χ0n) is 19.9. The number of fused-ring (bicyclic) bond motifs is 2. The molecule has 3 aromatic rings. The van der Waals surface area contributed by atoms with Crippen molar-refractivity contribution in [3.63, 3.8) is 0 Å². The van der Waals surface area contributed by atoms with Crippen molar-refractivity contribution < 1.29 is 27.4 Å². The van der Waals surface area contributed by atoms with E-state index in [0.717, 1.165) is 23.1 Å². The van der Waals surface area contributed by atoms with E-state index in [4.69, 9.17) is 14.2 Å². The number of likely N-dealkylation sites (N-methyl/N-ethyl adjacent to an activating group) is 1. The lowest BCUT2D eigenvalue weighted by atomic mass is 10.2. The number of nitrogens with zero attached hydrogens (tertiary/aromatic N) is 3. The first kappa shape index (κ1) is 24.7. The number of aromatic nitrogens is 1. The maximum atomic E-state index is 13.0. The Kier molecular flexibility index (Phi) is 6.98. The Morgan fingerprint density at radius 3 is 2.58 bits per heavy atom. The molecule has 0 spiro atoms. The van der Waals surface area contributed by atoms with Crippen LogP contribution in [0.3, 0.4) is 0 Å². The minimum absolute atomic E-state index is 0.0864. The van der Waals surface area contributed by atoms with Gasteiger partial charge >= 0.3 is 0 Å². The quantitative estimate of drug-likeness (QED) is 0.436. The molecular formula is C25H27N3O6S2. The summed E-state index contributed by atoms with van der Waals surface area (Å²) in [6.07, 6.45) is 3.44. The van der Waals surface area contributed by atoms with Crippen molar-refractivity contribution >= 4 is 37.5 Å². The molecule has 1 saturated heterocycles. The predicted molar refractivity (Wildman–Crippen MR) is 136 cm³/mol. The van der Waals surface area contributed by atoms with Gasteiger partial charge in [0.1, 0.15) is 13.2 Å². The van der Waals surface area contributed by atoms with E-state index >= 15 is 0 Å². The number of sulfonamides is 1. The molecule has 1 aromatic heterocycles. The van der Waals surface area contributed by atoms with Gasteiger partial charge in [-0.15, -0.1) is 6.58 Å². The van der Waals surface area contributed by atoms with E-state index in [1.54, 1.807) is 13.1 Å². The largest absolute Gasteiger partial charge is 0.486 e. The van der Waals surface area contributed by atoms with Gasteiger partial charge in [0.15, 0.2) is 16.3 Å². The first-order valence-corrected chi connectivity index (χ1v) is 13.9. The summed E-state index contributed by atoms with van der Waals surface area (Å²) in [5.74, 6) is 0.858. The van der Waals surface area contributed by atoms with Crippen molar-refractivity contribution in [2.24, 2.45) is 4.99 Å². The van der Waals surface area contributed by atoms with E-state index in [-0.39, 0.29) is 11.0 Å². The van der Waals surface area contributed by atoms with Gasteiger partial charge in [-0.2, -0.15) is 9.30 Å². The van der Waals surface area contributed by atoms with Crippen LogP contribution < -0.4 is 14.3 Å². The number of ether oxygens (including phenoxy) is 3. The van der Waals surface area contributed by atoms with Crippen LogP contribution in [0.4, 0.5) is 0 Å². The number of carbonyl (C=O) groups is 1. The van der Waals surface area contributed by atoms with Gasteiger partial charge in [-0.25, -0.2) is 8.42 Å². The fraction of sp³-hybridized carbons (Fsp3) is 0.360. The molecule has 9 nitrogen and oxygen atoms in total.